The highest BCUT2D eigenvalue weighted by molar-refractivity contribution is 7.22. The van der Waals surface area contributed by atoms with E-state index in [1.54, 1.807) is 51.1 Å². The number of carbonyl (C=O) groups excluding carboxylic acids is 1. The minimum atomic E-state index is -0.814. The lowest BCUT2D eigenvalue weighted by Gasteiger charge is -2.25. The maximum Gasteiger partial charge on any atom is 0.306 e. The minimum Gasteiger partial charge on any atom is -0.493 e. The number of thiophene rings is 1. The first kappa shape index (κ1) is 24.7. The molecule has 4 aromatic rings. The van der Waals surface area contributed by atoms with Gasteiger partial charge in [-0.15, -0.1) is 16.4 Å². The Morgan fingerprint density at radius 1 is 1.11 bits per heavy atom. The van der Waals surface area contributed by atoms with Crippen molar-refractivity contribution in [2.24, 2.45) is 0 Å². The third-order valence-corrected chi connectivity index (χ3v) is 6.53. The van der Waals surface area contributed by atoms with Crippen LogP contribution < -0.4 is 15.0 Å². The molecule has 182 valence electrons. The fourth-order valence-corrected chi connectivity index (χ4v) is 4.48. The molecule has 2 aromatic carbocycles. The molecule has 0 aliphatic carbocycles. The molecule has 0 saturated heterocycles. The van der Waals surface area contributed by atoms with Crippen LogP contribution >= 0.6 is 22.9 Å². The van der Waals surface area contributed by atoms with E-state index >= 15 is 0 Å². The van der Waals surface area contributed by atoms with Gasteiger partial charge in [0.05, 0.1) is 12.8 Å². The Hall–Kier alpha value is -3.43. The molecule has 0 aliphatic rings. The van der Waals surface area contributed by atoms with Crippen molar-refractivity contribution in [1.29, 1.82) is 0 Å². The number of carbonyl (C=O) groups is 1. The van der Waals surface area contributed by atoms with Crippen LogP contribution in [0, 0.1) is 0 Å². The third kappa shape index (κ3) is 5.47. The van der Waals surface area contributed by atoms with Gasteiger partial charge in [-0.3, -0.25) is 9.59 Å². The van der Waals surface area contributed by atoms with Crippen LogP contribution in [-0.4, -0.2) is 40.3 Å². The fourth-order valence-electron chi connectivity index (χ4n) is 3.33. The number of ether oxygens (including phenoxy) is 3. The molecular weight excluding hydrogens is 490 g/mol. The largest absolute Gasteiger partial charge is 0.493 e. The van der Waals surface area contributed by atoms with Gasteiger partial charge in [-0.1, -0.05) is 35.9 Å². The van der Waals surface area contributed by atoms with Crippen LogP contribution in [0.15, 0.2) is 53.3 Å². The van der Waals surface area contributed by atoms with E-state index in [2.05, 4.69) is 10.3 Å². The fraction of sp³-hybridized carbons (Fsp3) is 0.280. The second kappa shape index (κ2) is 10.1. The number of esters is 1. The van der Waals surface area contributed by atoms with Gasteiger partial charge in [-0.25, -0.2) is 0 Å². The highest BCUT2D eigenvalue weighted by Gasteiger charge is 2.24. The molecule has 0 atom stereocenters. The second-order valence-electron chi connectivity index (χ2n) is 8.35. The predicted molar refractivity (Wildman–Crippen MR) is 136 cm³/mol. The number of hydrogen-bond donors (Lipinski definition) is 0. The molecule has 8 nitrogen and oxygen atoms in total. The van der Waals surface area contributed by atoms with E-state index in [0.717, 1.165) is 10.4 Å². The van der Waals surface area contributed by atoms with Crippen molar-refractivity contribution in [3.05, 3.63) is 63.9 Å². The number of halogens is 1. The number of fused-ring (bicyclic) bond motifs is 1. The van der Waals surface area contributed by atoms with Crippen molar-refractivity contribution in [2.75, 3.05) is 13.7 Å². The van der Waals surface area contributed by atoms with Gasteiger partial charge in [0.1, 0.15) is 22.4 Å². The van der Waals surface area contributed by atoms with E-state index in [4.69, 9.17) is 25.8 Å². The van der Waals surface area contributed by atoms with Crippen LogP contribution in [0.25, 0.3) is 26.3 Å². The number of benzene rings is 2. The summed E-state index contributed by atoms with van der Waals surface area (Å²) in [6.45, 7) is 5.40. The van der Waals surface area contributed by atoms with Crippen molar-refractivity contribution in [3.63, 3.8) is 0 Å². The molecule has 0 radical (unpaired) electrons. The monoisotopic (exact) mass is 513 g/mol. The van der Waals surface area contributed by atoms with E-state index in [0.29, 0.717) is 32.4 Å². The maximum atomic E-state index is 13.2. The lowest BCUT2D eigenvalue weighted by atomic mass is 10.1. The zero-order valence-corrected chi connectivity index (χ0v) is 21.3. The maximum absolute atomic E-state index is 13.2. The number of rotatable bonds is 8. The first-order chi connectivity index (χ1) is 16.7. The number of hydrogen-bond acceptors (Lipinski definition) is 8. The molecule has 0 unspecified atom stereocenters. The van der Waals surface area contributed by atoms with Crippen molar-refractivity contribution in [1.82, 2.24) is 15.0 Å². The van der Waals surface area contributed by atoms with Crippen molar-refractivity contribution < 1.29 is 19.0 Å². The lowest BCUT2D eigenvalue weighted by molar-refractivity contribution is -0.158. The topological polar surface area (TPSA) is 92.5 Å². The van der Waals surface area contributed by atoms with E-state index in [-0.39, 0.29) is 24.6 Å². The zero-order chi connectivity index (χ0) is 25.2. The Balaban J connectivity index is 1.62. The molecule has 0 fully saturated rings. The Bertz CT molecular complexity index is 1430. The van der Waals surface area contributed by atoms with Gasteiger partial charge in [-0.05, 0) is 49.7 Å². The summed E-state index contributed by atoms with van der Waals surface area (Å²) in [6.07, 6.45) is 0.285. The van der Waals surface area contributed by atoms with Crippen LogP contribution in [0.3, 0.4) is 0 Å². The summed E-state index contributed by atoms with van der Waals surface area (Å²) in [5.74, 6) is 0.545. The van der Waals surface area contributed by atoms with Gasteiger partial charge >= 0.3 is 5.97 Å². The van der Waals surface area contributed by atoms with Gasteiger partial charge in [0, 0.05) is 22.4 Å². The van der Waals surface area contributed by atoms with Gasteiger partial charge in [0.25, 0.3) is 5.56 Å². The number of aromatic nitrogens is 3. The summed E-state index contributed by atoms with van der Waals surface area (Å²) in [5.41, 5.74) is 0.844. The Kier molecular flexibility index (Phi) is 7.09. The third-order valence-electron chi connectivity index (χ3n) is 5.12. The summed E-state index contributed by atoms with van der Waals surface area (Å²) in [7, 11) is 1.50. The van der Waals surface area contributed by atoms with Gasteiger partial charge in [-0.2, -0.15) is 4.68 Å². The van der Waals surface area contributed by atoms with Crippen LogP contribution in [0.1, 0.15) is 27.2 Å². The van der Waals surface area contributed by atoms with Crippen molar-refractivity contribution in [3.8, 4) is 27.6 Å². The molecule has 0 saturated carbocycles. The average molecular weight is 514 g/mol. The van der Waals surface area contributed by atoms with Crippen LogP contribution in [-0.2, 0) is 9.53 Å². The number of nitrogens with zero attached hydrogens (tertiary/aromatic N) is 3. The molecule has 0 N–H and O–H groups in total. The summed E-state index contributed by atoms with van der Waals surface area (Å²) >= 11 is 7.33. The first-order valence-electron chi connectivity index (χ1n) is 10.9. The normalized spacial score (nSPS) is 11.5. The van der Waals surface area contributed by atoms with Crippen molar-refractivity contribution >= 4 is 39.1 Å². The molecular formula is C25H24ClN3O5S. The van der Waals surface area contributed by atoms with Crippen molar-refractivity contribution in [2.45, 2.75) is 32.8 Å². The highest BCUT2D eigenvalue weighted by atomic mass is 35.5. The summed E-state index contributed by atoms with van der Waals surface area (Å²) in [4.78, 5) is 25.8. The van der Waals surface area contributed by atoms with Gasteiger partial charge in [0.15, 0.2) is 11.5 Å². The number of methoxy groups -OCH3 is 1. The van der Waals surface area contributed by atoms with E-state index in [1.807, 2.05) is 18.2 Å². The summed E-state index contributed by atoms with van der Waals surface area (Å²) < 4.78 is 18.4. The molecule has 0 spiro atoms. The van der Waals surface area contributed by atoms with Gasteiger partial charge < -0.3 is 14.2 Å². The Morgan fingerprint density at radius 2 is 1.86 bits per heavy atom. The molecule has 0 amide bonds. The molecule has 0 bridgehead atoms. The molecule has 10 heteroatoms. The first-order valence-corrected chi connectivity index (χ1v) is 12.1. The Labute approximate surface area is 211 Å². The Morgan fingerprint density at radius 3 is 2.54 bits per heavy atom. The lowest BCUT2D eigenvalue weighted by Crippen LogP contribution is -2.34. The standard InChI is InChI=1S/C25H24ClN3O5S/c1-5-22(30)34-25(2,3)14-33-19-11-10-17(12-20(19)32-4)29-24(31)23-18(27-28-29)13-21(35-23)15-6-8-16(26)9-7-15/h6-13H,5,14H2,1-4H3. The summed E-state index contributed by atoms with van der Waals surface area (Å²) in [5, 5.41) is 9.00. The molecule has 35 heavy (non-hydrogen) atoms. The molecule has 2 aromatic heterocycles. The average Bonchev–Trinajstić information content (AvgIpc) is 3.28. The van der Waals surface area contributed by atoms with E-state index < -0.39 is 5.60 Å². The van der Waals surface area contributed by atoms with Gasteiger partial charge in [0.2, 0.25) is 0 Å². The SMILES string of the molecule is CCC(=O)OC(C)(C)COc1ccc(-n2nnc3cc(-c4ccc(Cl)cc4)sc3c2=O)cc1OC. The quantitative estimate of drug-likeness (QED) is 0.296. The van der Waals surface area contributed by atoms with E-state index in [9.17, 15) is 9.59 Å². The summed E-state index contributed by atoms with van der Waals surface area (Å²) in [6, 6.07) is 14.3. The minimum absolute atomic E-state index is 0.128. The predicted octanol–water partition coefficient (Wildman–Crippen LogP) is 5.28. The van der Waals surface area contributed by atoms with Crippen LogP contribution in [0.4, 0.5) is 0 Å². The van der Waals surface area contributed by atoms with E-state index in [1.165, 1.54) is 23.1 Å². The smallest absolute Gasteiger partial charge is 0.306 e. The highest BCUT2D eigenvalue weighted by Crippen LogP contribution is 2.33. The molecule has 4 rings (SSSR count). The van der Waals surface area contributed by atoms with Crippen LogP contribution in [0.2, 0.25) is 5.02 Å². The molecule has 0 aliphatic heterocycles. The second-order valence-corrected chi connectivity index (χ2v) is 9.84. The van der Waals surface area contributed by atoms with Crippen LogP contribution in [0.5, 0.6) is 11.5 Å². The zero-order valence-electron chi connectivity index (χ0n) is 19.7. The molecule has 2 heterocycles.